The van der Waals surface area contributed by atoms with E-state index in [1.54, 1.807) is 24.3 Å². The lowest BCUT2D eigenvalue weighted by Gasteiger charge is -2.27. The van der Waals surface area contributed by atoms with Crippen molar-refractivity contribution in [1.29, 1.82) is 0 Å². The highest BCUT2D eigenvalue weighted by atomic mass is 16.6. The van der Waals surface area contributed by atoms with Crippen LogP contribution in [0.2, 0.25) is 0 Å². The minimum absolute atomic E-state index is 0.0582. The number of hydrogen-bond donors (Lipinski definition) is 3. The van der Waals surface area contributed by atoms with Crippen molar-refractivity contribution < 1.29 is 23.9 Å². The summed E-state index contributed by atoms with van der Waals surface area (Å²) in [5, 5.41) is 9.11. The fourth-order valence-corrected chi connectivity index (χ4v) is 4.27. The number of hydrogen-bond acceptors (Lipinski definition) is 9. The molecule has 1 atom stereocenters. The standard InChI is InChI=1S/C30H36N6O5/c1-4-40-23-12-10-21(11-13-23)18-25(29(38)41-30(39)36-16-14-31-15-17-36)34-28(37)24-19-26(32-20(2)3)35-27(33-24)22-8-6-5-7-9-22/h5-13,19-20,25,31H,4,14-18H2,1-3H3,(H,34,37)(H,32,33,35). The van der Waals surface area contributed by atoms with Gasteiger partial charge in [-0.15, -0.1) is 0 Å². The summed E-state index contributed by atoms with van der Waals surface area (Å²) in [5.74, 6) is 0.0693. The van der Waals surface area contributed by atoms with E-state index in [4.69, 9.17) is 9.47 Å². The fraction of sp³-hybridized carbons (Fsp3) is 0.367. The monoisotopic (exact) mass is 560 g/mol. The van der Waals surface area contributed by atoms with Gasteiger partial charge in [0, 0.05) is 50.3 Å². The van der Waals surface area contributed by atoms with E-state index in [1.807, 2.05) is 51.1 Å². The molecule has 1 saturated heterocycles. The molecule has 3 N–H and O–H groups in total. The van der Waals surface area contributed by atoms with Crippen LogP contribution in [0.5, 0.6) is 5.75 Å². The van der Waals surface area contributed by atoms with Crippen LogP contribution < -0.4 is 20.7 Å². The minimum Gasteiger partial charge on any atom is -0.494 e. The van der Waals surface area contributed by atoms with Gasteiger partial charge in [-0.1, -0.05) is 42.5 Å². The Balaban J connectivity index is 1.59. The third kappa shape index (κ3) is 8.49. The maximum Gasteiger partial charge on any atom is 0.417 e. The molecule has 0 saturated carbocycles. The van der Waals surface area contributed by atoms with E-state index < -0.39 is 24.0 Å². The van der Waals surface area contributed by atoms with E-state index in [9.17, 15) is 14.4 Å². The number of anilines is 1. The summed E-state index contributed by atoms with van der Waals surface area (Å²) >= 11 is 0. The molecule has 11 heteroatoms. The zero-order valence-corrected chi connectivity index (χ0v) is 23.6. The van der Waals surface area contributed by atoms with Crippen molar-refractivity contribution in [2.24, 2.45) is 0 Å². The molecule has 0 radical (unpaired) electrons. The van der Waals surface area contributed by atoms with Gasteiger partial charge in [-0.3, -0.25) is 4.79 Å². The normalized spacial score (nSPS) is 13.8. The molecular weight excluding hydrogens is 524 g/mol. The Morgan fingerprint density at radius 2 is 1.71 bits per heavy atom. The number of carbonyl (C=O) groups is 3. The molecule has 1 aliphatic heterocycles. The Bertz CT molecular complexity index is 1330. The Morgan fingerprint density at radius 3 is 2.37 bits per heavy atom. The van der Waals surface area contributed by atoms with Crippen LogP contribution in [-0.2, 0) is 16.0 Å². The number of nitrogens with one attached hydrogen (secondary N) is 3. The molecule has 1 fully saturated rings. The van der Waals surface area contributed by atoms with Crippen molar-refractivity contribution in [1.82, 2.24) is 25.5 Å². The zero-order chi connectivity index (χ0) is 29.2. The molecule has 2 heterocycles. The van der Waals surface area contributed by atoms with Crippen LogP contribution in [0.3, 0.4) is 0 Å². The molecule has 0 aliphatic carbocycles. The Labute approximate surface area is 239 Å². The van der Waals surface area contributed by atoms with Crippen molar-refractivity contribution in [3.8, 4) is 17.1 Å². The van der Waals surface area contributed by atoms with Crippen LogP contribution in [0.15, 0.2) is 60.7 Å². The van der Waals surface area contributed by atoms with Gasteiger partial charge in [0.25, 0.3) is 5.91 Å². The molecule has 41 heavy (non-hydrogen) atoms. The highest BCUT2D eigenvalue weighted by Crippen LogP contribution is 2.19. The first-order chi connectivity index (χ1) is 19.8. The second-order valence-electron chi connectivity index (χ2n) is 9.86. The summed E-state index contributed by atoms with van der Waals surface area (Å²) in [6.07, 6.45) is -0.640. The van der Waals surface area contributed by atoms with E-state index in [1.165, 1.54) is 11.0 Å². The number of benzene rings is 2. The summed E-state index contributed by atoms with van der Waals surface area (Å²) in [4.78, 5) is 50.0. The summed E-state index contributed by atoms with van der Waals surface area (Å²) in [6, 6.07) is 16.9. The summed E-state index contributed by atoms with van der Waals surface area (Å²) in [5.41, 5.74) is 1.56. The quantitative estimate of drug-likeness (QED) is 0.252. The van der Waals surface area contributed by atoms with E-state index in [2.05, 4.69) is 25.9 Å². The summed E-state index contributed by atoms with van der Waals surface area (Å²) in [7, 11) is 0. The number of piperazine rings is 1. The van der Waals surface area contributed by atoms with Gasteiger partial charge in [0.15, 0.2) is 5.82 Å². The lowest BCUT2D eigenvalue weighted by Crippen LogP contribution is -2.49. The molecule has 1 unspecified atom stereocenters. The van der Waals surface area contributed by atoms with Gasteiger partial charge in [0.05, 0.1) is 6.61 Å². The molecule has 2 amide bonds. The lowest BCUT2D eigenvalue weighted by molar-refractivity contribution is -0.140. The summed E-state index contributed by atoms with van der Waals surface area (Å²) < 4.78 is 10.7. The molecule has 4 rings (SSSR count). The number of ether oxygens (including phenoxy) is 2. The van der Waals surface area contributed by atoms with E-state index in [-0.39, 0.29) is 18.2 Å². The molecule has 0 spiro atoms. The van der Waals surface area contributed by atoms with Gasteiger partial charge >= 0.3 is 12.1 Å². The fourth-order valence-electron chi connectivity index (χ4n) is 4.27. The third-order valence-corrected chi connectivity index (χ3v) is 6.25. The molecule has 216 valence electrons. The van der Waals surface area contributed by atoms with Gasteiger partial charge in [-0.25, -0.2) is 19.6 Å². The van der Waals surface area contributed by atoms with Gasteiger partial charge in [-0.05, 0) is 38.5 Å². The number of rotatable bonds is 10. The second kappa shape index (κ2) is 14.2. The first kappa shape index (κ1) is 29.5. The van der Waals surface area contributed by atoms with E-state index in [0.29, 0.717) is 50.2 Å². The largest absolute Gasteiger partial charge is 0.494 e. The van der Waals surface area contributed by atoms with E-state index >= 15 is 0 Å². The summed E-state index contributed by atoms with van der Waals surface area (Å²) in [6.45, 7) is 8.41. The Hall–Kier alpha value is -4.51. The molecule has 2 aromatic carbocycles. The lowest BCUT2D eigenvalue weighted by atomic mass is 10.1. The van der Waals surface area contributed by atoms with Crippen molar-refractivity contribution in [2.45, 2.75) is 39.3 Å². The number of carbonyl (C=O) groups excluding carboxylic acids is 3. The van der Waals surface area contributed by atoms with Crippen LogP contribution in [-0.4, -0.2) is 77.7 Å². The van der Waals surface area contributed by atoms with Crippen LogP contribution in [0.4, 0.5) is 10.6 Å². The van der Waals surface area contributed by atoms with Gasteiger partial charge in [0.1, 0.15) is 23.3 Å². The predicted molar refractivity (Wildman–Crippen MR) is 155 cm³/mol. The molecule has 11 nitrogen and oxygen atoms in total. The highest BCUT2D eigenvalue weighted by molar-refractivity contribution is 5.97. The molecule has 0 bridgehead atoms. The third-order valence-electron chi connectivity index (χ3n) is 6.25. The SMILES string of the molecule is CCOc1ccc(CC(NC(=O)c2cc(NC(C)C)nc(-c3ccccc3)n2)C(=O)OC(=O)N2CCNCC2)cc1. The smallest absolute Gasteiger partial charge is 0.417 e. The average Bonchev–Trinajstić information content (AvgIpc) is 2.98. The van der Waals surface area contributed by atoms with Crippen LogP contribution in [0.25, 0.3) is 11.4 Å². The number of esters is 1. The Morgan fingerprint density at radius 1 is 1.00 bits per heavy atom. The van der Waals surface area contributed by atoms with Gasteiger partial charge in [-0.2, -0.15) is 0 Å². The van der Waals surface area contributed by atoms with Crippen LogP contribution >= 0.6 is 0 Å². The first-order valence-electron chi connectivity index (χ1n) is 13.8. The van der Waals surface area contributed by atoms with Crippen molar-refractivity contribution in [3.05, 3.63) is 71.9 Å². The second-order valence-corrected chi connectivity index (χ2v) is 9.86. The minimum atomic E-state index is -1.15. The van der Waals surface area contributed by atoms with Crippen molar-refractivity contribution >= 4 is 23.8 Å². The zero-order valence-electron chi connectivity index (χ0n) is 23.6. The molecule has 1 aromatic heterocycles. The number of aromatic nitrogens is 2. The van der Waals surface area contributed by atoms with Crippen molar-refractivity contribution in [3.63, 3.8) is 0 Å². The van der Waals surface area contributed by atoms with Crippen LogP contribution in [0, 0.1) is 0 Å². The number of nitrogens with zero attached hydrogens (tertiary/aromatic N) is 3. The maximum absolute atomic E-state index is 13.5. The first-order valence-corrected chi connectivity index (χ1v) is 13.8. The molecule has 3 aromatic rings. The molecule has 1 aliphatic rings. The highest BCUT2D eigenvalue weighted by Gasteiger charge is 2.29. The van der Waals surface area contributed by atoms with E-state index in [0.717, 1.165) is 11.1 Å². The topological polar surface area (TPSA) is 135 Å². The average molecular weight is 561 g/mol. The molecular formula is C30H36N6O5. The van der Waals surface area contributed by atoms with Gasteiger partial charge < -0.3 is 30.3 Å². The predicted octanol–water partition coefficient (Wildman–Crippen LogP) is 3.27. The van der Waals surface area contributed by atoms with Gasteiger partial charge in [0.2, 0.25) is 0 Å². The number of amides is 2. The Kier molecular flexibility index (Phi) is 10.2. The van der Waals surface area contributed by atoms with Crippen molar-refractivity contribution in [2.75, 3.05) is 38.1 Å². The van der Waals surface area contributed by atoms with Crippen LogP contribution in [0.1, 0.15) is 36.8 Å². The maximum atomic E-state index is 13.5.